The maximum atomic E-state index is 5.40. The maximum Gasteiger partial charge on any atom is 0.0561 e. The monoisotopic (exact) mass is 257 g/mol. The summed E-state index contributed by atoms with van der Waals surface area (Å²) in [6.07, 6.45) is 1.25. The maximum absolute atomic E-state index is 5.40. The van der Waals surface area contributed by atoms with E-state index in [-0.39, 0.29) is 6.10 Å². The van der Waals surface area contributed by atoms with Crippen molar-refractivity contribution in [2.75, 3.05) is 13.7 Å². The van der Waals surface area contributed by atoms with E-state index in [0.29, 0.717) is 6.04 Å². The Balaban J connectivity index is 2.27. The van der Waals surface area contributed by atoms with Gasteiger partial charge >= 0.3 is 0 Å². The molecule has 0 amide bonds. The van der Waals surface area contributed by atoms with Gasteiger partial charge < -0.3 is 10.1 Å². The molecule has 0 spiro atoms. The van der Waals surface area contributed by atoms with E-state index in [1.807, 2.05) is 0 Å². The Kier molecular flexibility index (Phi) is 4.94. The molecule has 0 aliphatic carbocycles. The zero-order chi connectivity index (χ0) is 13.7. The number of methoxy groups -OCH3 is 1. The smallest absolute Gasteiger partial charge is 0.0561 e. The van der Waals surface area contributed by atoms with Crippen LogP contribution in [0.15, 0.2) is 42.5 Å². The summed E-state index contributed by atoms with van der Waals surface area (Å²) in [5.41, 5.74) is 1.34. The Morgan fingerprint density at radius 3 is 2.53 bits per heavy atom. The van der Waals surface area contributed by atoms with Gasteiger partial charge in [0.2, 0.25) is 0 Å². The van der Waals surface area contributed by atoms with Gasteiger partial charge in [0.15, 0.2) is 0 Å². The van der Waals surface area contributed by atoms with Crippen molar-refractivity contribution in [3.05, 3.63) is 48.0 Å². The molecule has 19 heavy (non-hydrogen) atoms. The normalized spacial score (nSPS) is 14.5. The summed E-state index contributed by atoms with van der Waals surface area (Å²) in [6.45, 7) is 5.23. The number of hydrogen-bond acceptors (Lipinski definition) is 2. The van der Waals surface area contributed by atoms with E-state index in [4.69, 9.17) is 4.74 Å². The third-order valence-electron chi connectivity index (χ3n) is 3.60. The molecular formula is C17H23NO. The number of ether oxygens (including phenoxy) is 1. The van der Waals surface area contributed by atoms with Crippen molar-refractivity contribution in [2.45, 2.75) is 32.4 Å². The van der Waals surface area contributed by atoms with Crippen LogP contribution < -0.4 is 5.32 Å². The Morgan fingerprint density at radius 1 is 1.11 bits per heavy atom. The zero-order valence-electron chi connectivity index (χ0n) is 12.0. The van der Waals surface area contributed by atoms with Crippen molar-refractivity contribution in [3.63, 3.8) is 0 Å². The molecule has 0 heterocycles. The van der Waals surface area contributed by atoms with E-state index in [1.54, 1.807) is 7.11 Å². The Morgan fingerprint density at radius 2 is 1.84 bits per heavy atom. The molecule has 0 aliphatic heterocycles. The number of benzene rings is 2. The zero-order valence-corrected chi connectivity index (χ0v) is 12.0. The summed E-state index contributed by atoms with van der Waals surface area (Å²) in [4.78, 5) is 0. The topological polar surface area (TPSA) is 21.3 Å². The molecule has 102 valence electrons. The fourth-order valence-corrected chi connectivity index (χ4v) is 2.44. The molecule has 2 aromatic carbocycles. The van der Waals surface area contributed by atoms with Crippen LogP contribution in [-0.4, -0.2) is 19.8 Å². The molecule has 2 nitrogen and oxygen atoms in total. The third-order valence-corrected chi connectivity index (χ3v) is 3.60. The molecule has 0 aliphatic rings. The molecule has 2 atom stereocenters. The Labute approximate surface area is 115 Å². The standard InChI is InChI=1S/C17H23NO/c1-4-18-17(11-13(2)19-3)16-10-9-14-7-5-6-8-15(14)12-16/h5-10,12-13,17-18H,4,11H2,1-3H3. The van der Waals surface area contributed by atoms with Crippen molar-refractivity contribution in [1.82, 2.24) is 5.32 Å². The SMILES string of the molecule is CCNC(CC(C)OC)c1ccc2ccccc2c1. The molecule has 2 unspecified atom stereocenters. The largest absolute Gasteiger partial charge is 0.382 e. The highest BCUT2D eigenvalue weighted by Crippen LogP contribution is 2.24. The average molecular weight is 257 g/mol. The summed E-state index contributed by atoms with van der Waals surface area (Å²) < 4.78 is 5.40. The van der Waals surface area contributed by atoms with Crippen LogP contribution in [0, 0.1) is 0 Å². The first-order valence-corrected chi connectivity index (χ1v) is 6.99. The minimum absolute atomic E-state index is 0.260. The molecule has 1 N–H and O–H groups in total. The second kappa shape index (κ2) is 6.69. The minimum Gasteiger partial charge on any atom is -0.382 e. The van der Waals surface area contributed by atoms with Gasteiger partial charge in [-0.2, -0.15) is 0 Å². The predicted molar refractivity (Wildman–Crippen MR) is 81.5 cm³/mol. The first-order chi connectivity index (χ1) is 9.24. The number of fused-ring (bicyclic) bond motifs is 1. The van der Waals surface area contributed by atoms with E-state index in [1.165, 1.54) is 16.3 Å². The van der Waals surface area contributed by atoms with Crippen molar-refractivity contribution in [1.29, 1.82) is 0 Å². The van der Waals surface area contributed by atoms with Gasteiger partial charge in [-0.15, -0.1) is 0 Å². The molecule has 2 rings (SSSR count). The van der Waals surface area contributed by atoms with Crippen molar-refractivity contribution in [3.8, 4) is 0 Å². The van der Waals surface area contributed by atoms with Gasteiger partial charge in [-0.3, -0.25) is 0 Å². The quantitative estimate of drug-likeness (QED) is 0.847. The Bertz CT molecular complexity index is 523. The summed E-state index contributed by atoms with van der Waals surface area (Å²) in [6, 6.07) is 15.5. The second-order valence-corrected chi connectivity index (χ2v) is 5.00. The van der Waals surface area contributed by atoms with E-state index in [9.17, 15) is 0 Å². The van der Waals surface area contributed by atoms with Crippen LogP contribution >= 0.6 is 0 Å². The number of rotatable bonds is 6. The molecule has 0 saturated heterocycles. The molecule has 0 saturated carbocycles. The van der Waals surface area contributed by atoms with Crippen LogP contribution in [-0.2, 0) is 4.74 Å². The molecule has 2 aromatic rings. The fraction of sp³-hybridized carbons (Fsp3) is 0.412. The summed E-state index contributed by atoms with van der Waals surface area (Å²) >= 11 is 0. The van der Waals surface area contributed by atoms with Gasteiger partial charge in [0.1, 0.15) is 0 Å². The predicted octanol–water partition coefficient (Wildman–Crippen LogP) is 3.92. The van der Waals surface area contributed by atoms with Gasteiger partial charge in [-0.05, 0) is 42.3 Å². The van der Waals surface area contributed by atoms with Crippen LogP contribution in [0.5, 0.6) is 0 Å². The lowest BCUT2D eigenvalue weighted by Gasteiger charge is -2.22. The van der Waals surface area contributed by atoms with E-state index >= 15 is 0 Å². The summed E-state index contributed by atoms with van der Waals surface area (Å²) in [5, 5.41) is 6.14. The summed E-state index contributed by atoms with van der Waals surface area (Å²) in [7, 11) is 1.77. The molecular weight excluding hydrogens is 234 g/mol. The van der Waals surface area contributed by atoms with Gasteiger partial charge in [0.25, 0.3) is 0 Å². The van der Waals surface area contributed by atoms with Gasteiger partial charge in [-0.1, -0.05) is 43.3 Å². The number of hydrogen-bond donors (Lipinski definition) is 1. The highest BCUT2D eigenvalue weighted by Gasteiger charge is 2.14. The fourth-order valence-electron chi connectivity index (χ4n) is 2.44. The third kappa shape index (κ3) is 3.55. The van der Waals surface area contributed by atoms with Crippen LogP contribution in [0.2, 0.25) is 0 Å². The highest BCUT2D eigenvalue weighted by atomic mass is 16.5. The lowest BCUT2D eigenvalue weighted by molar-refractivity contribution is 0.101. The first kappa shape index (κ1) is 14.0. The highest BCUT2D eigenvalue weighted by molar-refractivity contribution is 5.83. The Hall–Kier alpha value is -1.38. The minimum atomic E-state index is 0.260. The lowest BCUT2D eigenvalue weighted by Crippen LogP contribution is -2.25. The van der Waals surface area contributed by atoms with Crippen LogP contribution in [0.25, 0.3) is 10.8 Å². The van der Waals surface area contributed by atoms with Crippen molar-refractivity contribution >= 4 is 10.8 Å². The molecule has 0 aromatic heterocycles. The van der Waals surface area contributed by atoms with Crippen molar-refractivity contribution < 1.29 is 4.74 Å². The average Bonchev–Trinajstić information content (AvgIpc) is 2.46. The van der Waals surface area contributed by atoms with Crippen LogP contribution in [0.1, 0.15) is 31.9 Å². The van der Waals surface area contributed by atoms with Gasteiger partial charge in [0, 0.05) is 13.2 Å². The lowest BCUT2D eigenvalue weighted by atomic mass is 9.98. The molecule has 0 radical (unpaired) electrons. The molecule has 0 fully saturated rings. The van der Waals surface area contributed by atoms with E-state index in [2.05, 4.69) is 61.6 Å². The molecule has 2 heteroatoms. The van der Waals surface area contributed by atoms with Gasteiger partial charge in [-0.25, -0.2) is 0 Å². The second-order valence-electron chi connectivity index (χ2n) is 5.00. The van der Waals surface area contributed by atoms with E-state index in [0.717, 1.165) is 13.0 Å². The summed E-state index contributed by atoms with van der Waals surface area (Å²) in [5.74, 6) is 0. The van der Waals surface area contributed by atoms with E-state index < -0.39 is 0 Å². The van der Waals surface area contributed by atoms with Crippen LogP contribution in [0.4, 0.5) is 0 Å². The van der Waals surface area contributed by atoms with Crippen LogP contribution in [0.3, 0.4) is 0 Å². The van der Waals surface area contributed by atoms with Gasteiger partial charge in [0.05, 0.1) is 6.10 Å². The molecule has 0 bridgehead atoms. The van der Waals surface area contributed by atoms with Crippen molar-refractivity contribution in [2.24, 2.45) is 0 Å². The number of nitrogens with one attached hydrogen (secondary N) is 1. The first-order valence-electron chi connectivity index (χ1n) is 6.99.